The molecule has 0 aliphatic rings. The minimum absolute atomic E-state index is 0.303. The predicted molar refractivity (Wildman–Crippen MR) is 74.0 cm³/mol. The van der Waals surface area contributed by atoms with Crippen molar-refractivity contribution in [1.82, 2.24) is 9.97 Å². The number of alkyl halides is 3. The number of hydrogen-bond acceptors (Lipinski definition) is 2. The number of halogens is 3. The molecule has 0 fully saturated rings. The van der Waals surface area contributed by atoms with Crippen LogP contribution in [0.1, 0.15) is 30.3 Å². The van der Waals surface area contributed by atoms with E-state index in [2.05, 4.69) is 9.97 Å². The maximum Gasteiger partial charge on any atom is 0.416 e. The Morgan fingerprint density at radius 1 is 1.24 bits per heavy atom. The molecule has 0 spiro atoms. The molecule has 0 unspecified atom stereocenters. The Hall–Kier alpha value is -2.11. The van der Waals surface area contributed by atoms with Crippen molar-refractivity contribution in [2.75, 3.05) is 0 Å². The molecule has 1 aromatic carbocycles. The van der Waals surface area contributed by atoms with Gasteiger partial charge in [-0.3, -0.25) is 4.79 Å². The van der Waals surface area contributed by atoms with Gasteiger partial charge in [0.25, 0.3) is 5.56 Å². The lowest BCUT2D eigenvalue weighted by molar-refractivity contribution is -0.137. The summed E-state index contributed by atoms with van der Waals surface area (Å²) in [6.45, 7) is 3.53. The standard InChI is InChI=1S/C15H15F3N2O/c1-3-4-13-19-12(8-14(21)20-13)11-6-5-10(7-9(11)2)15(16,17)18/h5-8H,3-4H2,1-2H3,(H,19,20,21). The van der Waals surface area contributed by atoms with Crippen LogP contribution in [0, 0.1) is 6.92 Å². The molecule has 2 rings (SSSR count). The van der Waals surface area contributed by atoms with E-state index in [9.17, 15) is 18.0 Å². The van der Waals surface area contributed by atoms with Gasteiger partial charge >= 0.3 is 6.18 Å². The minimum Gasteiger partial charge on any atom is -0.311 e. The quantitative estimate of drug-likeness (QED) is 0.938. The van der Waals surface area contributed by atoms with Crippen LogP contribution >= 0.6 is 0 Å². The van der Waals surface area contributed by atoms with Crippen molar-refractivity contribution in [2.24, 2.45) is 0 Å². The lowest BCUT2D eigenvalue weighted by Crippen LogP contribution is -2.11. The van der Waals surface area contributed by atoms with Gasteiger partial charge < -0.3 is 4.98 Å². The summed E-state index contributed by atoms with van der Waals surface area (Å²) < 4.78 is 38.0. The molecule has 1 heterocycles. The van der Waals surface area contributed by atoms with Gasteiger partial charge in [0.1, 0.15) is 5.82 Å². The molecule has 0 bridgehead atoms. The first-order valence-corrected chi connectivity index (χ1v) is 6.59. The van der Waals surface area contributed by atoms with Crippen molar-refractivity contribution in [3.05, 3.63) is 51.6 Å². The van der Waals surface area contributed by atoms with Crippen molar-refractivity contribution in [3.63, 3.8) is 0 Å². The average Bonchev–Trinajstić information content (AvgIpc) is 2.37. The third-order valence-corrected chi connectivity index (χ3v) is 3.11. The van der Waals surface area contributed by atoms with Crippen LogP contribution < -0.4 is 5.56 Å². The van der Waals surface area contributed by atoms with Gasteiger partial charge in [-0.2, -0.15) is 13.2 Å². The number of aryl methyl sites for hydroxylation is 2. The average molecular weight is 296 g/mol. The van der Waals surface area contributed by atoms with Gasteiger partial charge in [-0.1, -0.05) is 13.0 Å². The fourth-order valence-corrected chi connectivity index (χ4v) is 2.13. The van der Waals surface area contributed by atoms with E-state index in [1.165, 1.54) is 12.1 Å². The molecule has 0 aliphatic heterocycles. The Kier molecular flexibility index (Phi) is 4.16. The number of hydrogen-bond donors (Lipinski definition) is 1. The zero-order chi connectivity index (χ0) is 15.6. The highest BCUT2D eigenvalue weighted by Crippen LogP contribution is 2.32. The summed E-state index contributed by atoms with van der Waals surface area (Å²) in [6, 6.07) is 4.73. The Labute approximate surface area is 119 Å². The number of aromatic nitrogens is 2. The normalized spacial score (nSPS) is 11.7. The number of nitrogens with zero attached hydrogens (tertiary/aromatic N) is 1. The van der Waals surface area contributed by atoms with Gasteiger partial charge in [-0.05, 0) is 31.0 Å². The van der Waals surface area contributed by atoms with E-state index in [4.69, 9.17) is 0 Å². The smallest absolute Gasteiger partial charge is 0.311 e. The third kappa shape index (κ3) is 3.51. The number of aromatic amines is 1. The fraction of sp³-hybridized carbons (Fsp3) is 0.333. The molecule has 1 N–H and O–H groups in total. The van der Waals surface area contributed by atoms with E-state index < -0.39 is 11.7 Å². The molecule has 21 heavy (non-hydrogen) atoms. The highest BCUT2D eigenvalue weighted by Gasteiger charge is 2.30. The predicted octanol–water partition coefficient (Wildman–Crippen LogP) is 3.72. The number of H-pyrrole nitrogens is 1. The van der Waals surface area contributed by atoms with E-state index in [0.29, 0.717) is 29.1 Å². The second-order valence-corrected chi connectivity index (χ2v) is 4.85. The minimum atomic E-state index is -4.38. The first-order valence-electron chi connectivity index (χ1n) is 6.59. The van der Waals surface area contributed by atoms with Crippen LogP contribution in [0.5, 0.6) is 0 Å². The highest BCUT2D eigenvalue weighted by atomic mass is 19.4. The molecule has 0 saturated carbocycles. The largest absolute Gasteiger partial charge is 0.416 e. The summed E-state index contributed by atoms with van der Waals surface area (Å²) in [6.07, 6.45) is -2.95. The molecular formula is C15H15F3N2O. The van der Waals surface area contributed by atoms with Crippen LogP contribution in [0.4, 0.5) is 13.2 Å². The van der Waals surface area contributed by atoms with Gasteiger partial charge in [0.15, 0.2) is 0 Å². The van der Waals surface area contributed by atoms with Crippen LogP contribution in [0.15, 0.2) is 29.1 Å². The second kappa shape index (κ2) is 5.71. The summed E-state index contributed by atoms with van der Waals surface area (Å²) in [5, 5.41) is 0. The first kappa shape index (κ1) is 15.3. The molecule has 0 aliphatic carbocycles. The van der Waals surface area contributed by atoms with Gasteiger partial charge in [-0.25, -0.2) is 4.98 Å². The summed E-state index contributed by atoms with van der Waals surface area (Å²) in [5.74, 6) is 0.541. The van der Waals surface area contributed by atoms with Crippen LogP contribution in [0.3, 0.4) is 0 Å². The molecule has 0 atom stereocenters. The molecule has 3 nitrogen and oxygen atoms in total. The van der Waals surface area contributed by atoms with Gasteiger partial charge in [0.05, 0.1) is 11.3 Å². The van der Waals surface area contributed by atoms with E-state index >= 15 is 0 Å². The molecule has 1 aromatic heterocycles. The fourth-order valence-electron chi connectivity index (χ4n) is 2.13. The monoisotopic (exact) mass is 296 g/mol. The SMILES string of the molecule is CCCc1nc(-c2ccc(C(F)(F)F)cc2C)cc(=O)[nH]1. The van der Waals surface area contributed by atoms with Crippen LogP contribution in [0.2, 0.25) is 0 Å². The third-order valence-electron chi connectivity index (χ3n) is 3.11. The van der Waals surface area contributed by atoms with Crippen molar-refractivity contribution in [1.29, 1.82) is 0 Å². The van der Waals surface area contributed by atoms with Crippen LogP contribution in [0.25, 0.3) is 11.3 Å². The Morgan fingerprint density at radius 2 is 1.95 bits per heavy atom. The summed E-state index contributed by atoms with van der Waals surface area (Å²) in [7, 11) is 0. The van der Waals surface area contributed by atoms with Gasteiger partial charge in [0, 0.05) is 18.1 Å². The zero-order valence-electron chi connectivity index (χ0n) is 11.7. The van der Waals surface area contributed by atoms with E-state index in [-0.39, 0.29) is 5.56 Å². The summed E-state index contributed by atoms with van der Waals surface area (Å²) >= 11 is 0. The molecule has 112 valence electrons. The number of rotatable bonds is 3. The van der Waals surface area contributed by atoms with Crippen molar-refractivity contribution in [2.45, 2.75) is 32.9 Å². The Balaban J connectivity index is 2.50. The number of benzene rings is 1. The van der Waals surface area contributed by atoms with Crippen molar-refractivity contribution >= 4 is 0 Å². The zero-order valence-corrected chi connectivity index (χ0v) is 11.7. The second-order valence-electron chi connectivity index (χ2n) is 4.85. The first-order chi connectivity index (χ1) is 9.81. The van der Waals surface area contributed by atoms with Crippen LogP contribution in [-0.4, -0.2) is 9.97 Å². The lowest BCUT2D eigenvalue weighted by Gasteiger charge is -2.11. The molecule has 0 radical (unpaired) electrons. The molecule has 0 saturated heterocycles. The summed E-state index contributed by atoms with van der Waals surface area (Å²) in [5.41, 5.74) is 0.357. The maximum atomic E-state index is 12.7. The summed E-state index contributed by atoms with van der Waals surface area (Å²) in [4.78, 5) is 18.6. The Morgan fingerprint density at radius 3 is 2.52 bits per heavy atom. The van der Waals surface area contributed by atoms with Crippen molar-refractivity contribution < 1.29 is 13.2 Å². The number of nitrogens with one attached hydrogen (secondary N) is 1. The highest BCUT2D eigenvalue weighted by molar-refractivity contribution is 5.63. The van der Waals surface area contributed by atoms with Gasteiger partial charge in [-0.15, -0.1) is 0 Å². The lowest BCUT2D eigenvalue weighted by atomic mass is 10.0. The van der Waals surface area contributed by atoms with Gasteiger partial charge in [0.2, 0.25) is 0 Å². The molecule has 0 amide bonds. The van der Waals surface area contributed by atoms with Crippen LogP contribution in [-0.2, 0) is 12.6 Å². The Bertz CT molecular complexity index is 705. The van der Waals surface area contributed by atoms with E-state index in [1.807, 2.05) is 6.92 Å². The van der Waals surface area contributed by atoms with E-state index in [0.717, 1.165) is 18.6 Å². The molecule has 2 aromatic rings. The molecule has 6 heteroatoms. The topological polar surface area (TPSA) is 45.8 Å². The molecular weight excluding hydrogens is 281 g/mol. The van der Waals surface area contributed by atoms with Crippen molar-refractivity contribution in [3.8, 4) is 11.3 Å². The maximum absolute atomic E-state index is 12.7. The van der Waals surface area contributed by atoms with E-state index in [1.54, 1.807) is 6.92 Å².